The normalized spacial score (nSPS) is 22.9. The molecule has 0 spiro atoms. The van der Waals surface area contributed by atoms with Gasteiger partial charge in [0.2, 0.25) is 11.8 Å². The number of hydrogen-bond donors (Lipinski definition) is 1. The van der Waals surface area contributed by atoms with Gasteiger partial charge in [0.1, 0.15) is 0 Å². The molecule has 3 rings (SSSR count). The van der Waals surface area contributed by atoms with Crippen molar-refractivity contribution >= 4 is 11.6 Å². The summed E-state index contributed by atoms with van der Waals surface area (Å²) in [6.45, 7) is 2.90. The maximum atomic E-state index is 9.55. The van der Waals surface area contributed by atoms with Gasteiger partial charge in [0.25, 0.3) is 0 Å². The lowest BCUT2D eigenvalue weighted by molar-refractivity contribution is 0.0386. The second-order valence-corrected chi connectivity index (χ2v) is 6.18. The van der Waals surface area contributed by atoms with Crippen LogP contribution in [0.15, 0.2) is 28.7 Å². The van der Waals surface area contributed by atoms with Crippen LogP contribution in [0, 0.1) is 0 Å². The van der Waals surface area contributed by atoms with Gasteiger partial charge in [-0.05, 0) is 31.9 Å². The summed E-state index contributed by atoms with van der Waals surface area (Å²) in [7, 11) is 0. The van der Waals surface area contributed by atoms with E-state index in [1.165, 1.54) is 0 Å². The molecule has 0 aliphatic carbocycles. The molecule has 22 heavy (non-hydrogen) atoms. The van der Waals surface area contributed by atoms with Crippen LogP contribution >= 0.6 is 11.6 Å². The zero-order valence-corrected chi connectivity index (χ0v) is 13.3. The second kappa shape index (κ2) is 6.77. The molecule has 0 bridgehead atoms. The number of rotatable bonds is 4. The Morgan fingerprint density at radius 3 is 2.91 bits per heavy atom. The fourth-order valence-electron chi connectivity index (χ4n) is 3.04. The fraction of sp³-hybridized carbons (Fsp3) is 0.500. The van der Waals surface area contributed by atoms with E-state index in [4.69, 9.17) is 16.0 Å². The highest BCUT2D eigenvalue weighted by atomic mass is 35.5. The maximum Gasteiger partial charge on any atom is 0.249 e. The Kier molecular flexibility index (Phi) is 4.76. The van der Waals surface area contributed by atoms with Crippen molar-refractivity contribution in [3.63, 3.8) is 0 Å². The van der Waals surface area contributed by atoms with E-state index < -0.39 is 0 Å². The van der Waals surface area contributed by atoms with Crippen LogP contribution in [0.2, 0.25) is 5.02 Å². The molecule has 5 nitrogen and oxygen atoms in total. The van der Waals surface area contributed by atoms with Crippen molar-refractivity contribution < 1.29 is 9.52 Å². The molecule has 1 saturated heterocycles. The number of piperidine rings is 1. The predicted molar refractivity (Wildman–Crippen MR) is 84.5 cm³/mol. The summed E-state index contributed by atoms with van der Waals surface area (Å²) in [5.74, 6) is 0.993. The van der Waals surface area contributed by atoms with Crippen molar-refractivity contribution in [2.45, 2.75) is 44.8 Å². The summed E-state index contributed by atoms with van der Waals surface area (Å²) in [5, 5.41) is 18.4. The Morgan fingerprint density at radius 1 is 1.32 bits per heavy atom. The van der Waals surface area contributed by atoms with E-state index in [1.807, 2.05) is 18.2 Å². The van der Waals surface area contributed by atoms with Crippen LogP contribution in [0.1, 0.15) is 32.1 Å². The summed E-state index contributed by atoms with van der Waals surface area (Å²) in [5.41, 5.74) is 0.744. The average molecular weight is 322 g/mol. The average Bonchev–Trinajstić information content (AvgIpc) is 2.98. The predicted octanol–water partition coefficient (Wildman–Crippen LogP) is 3.13. The van der Waals surface area contributed by atoms with Gasteiger partial charge in [0.15, 0.2) is 0 Å². The van der Waals surface area contributed by atoms with Gasteiger partial charge >= 0.3 is 0 Å². The molecule has 2 unspecified atom stereocenters. The third-order valence-electron chi connectivity index (χ3n) is 4.29. The van der Waals surface area contributed by atoms with Gasteiger partial charge in [0, 0.05) is 12.1 Å². The molecule has 0 saturated carbocycles. The Morgan fingerprint density at radius 2 is 2.14 bits per heavy atom. The van der Waals surface area contributed by atoms with E-state index in [1.54, 1.807) is 6.07 Å². The minimum Gasteiger partial charge on any atom is -0.419 e. The minimum atomic E-state index is 0.163. The number of benzene rings is 1. The third-order valence-corrected chi connectivity index (χ3v) is 4.62. The minimum absolute atomic E-state index is 0.163. The monoisotopic (exact) mass is 321 g/mol. The van der Waals surface area contributed by atoms with Crippen LogP contribution < -0.4 is 0 Å². The summed E-state index contributed by atoms with van der Waals surface area (Å²) < 4.78 is 5.76. The Bertz CT molecular complexity index is 631. The van der Waals surface area contributed by atoms with Crippen molar-refractivity contribution in [1.29, 1.82) is 0 Å². The number of likely N-dealkylation sites (tertiary alicyclic amines) is 1. The highest BCUT2D eigenvalue weighted by molar-refractivity contribution is 6.33. The second-order valence-electron chi connectivity index (χ2n) is 5.77. The molecule has 2 atom stereocenters. The van der Waals surface area contributed by atoms with Gasteiger partial charge in [-0.3, -0.25) is 4.90 Å². The Labute approximate surface area is 134 Å². The van der Waals surface area contributed by atoms with Crippen LogP contribution in [0.25, 0.3) is 11.5 Å². The molecule has 1 fully saturated rings. The zero-order chi connectivity index (χ0) is 15.5. The summed E-state index contributed by atoms with van der Waals surface area (Å²) in [6.07, 6.45) is 3.28. The summed E-state index contributed by atoms with van der Waals surface area (Å²) >= 11 is 6.16. The van der Waals surface area contributed by atoms with Crippen LogP contribution in [0.4, 0.5) is 0 Å². The topological polar surface area (TPSA) is 62.4 Å². The van der Waals surface area contributed by atoms with Gasteiger partial charge in [-0.15, -0.1) is 10.2 Å². The molecule has 1 aliphatic rings. The van der Waals surface area contributed by atoms with Crippen molar-refractivity contribution in [1.82, 2.24) is 15.1 Å². The van der Waals surface area contributed by atoms with Gasteiger partial charge in [0.05, 0.1) is 23.7 Å². The Hall–Kier alpha value is -1.43. The van der Waals surface area contributed by atoms with Crippen LogP contribution in [-0.2, 0) is 6.54 Å². The lowest BCUT2D eigenvalue weighted by atomic mass is 9.97. The first-order valence-corrected chi connectivity index (χ1v) is 8.00. The Balaban J connectivity index is 1.78. The largest absolute Gasteiger partial charge is 0.419 e. The first-order valence-electron chi connectivity index (χ1n) is 7.63. The van der Waals surface area contributed by atoms with Gasteiger partial charge < -0.3 is 9.52 Å². The molecular formula is C16H20ClN3O2. The van der Waals surface area contributed by atoms with Crippen LogP contribution in [0.5, 0.6) is 0 Å². The third kappa shape index (κ3) is 3.16. The molecule has 2 heterocycles. The number of halogens is 1. The maximum absolute atomic E-state index is 9.55. The summed E-state index contributed by atoms with van der Waals surface area (Å²) in [4.78, 5) is 2.24. The SMILES string of the molecule is CC1CCCC(CO)N1Cc1nnc(-c2ccccc2Cl)o1. The lowest BCUT2D eigenvalue weighted by Crippen LogP contribution is -2.46. The number of aromatic nitrogens is 2. The molecule has 1 aromatic heterocycles. The first kappa shape index (κ1) is 15.5. The molecule has 0 radical (unpaired) electrons. The van der Waals surface area contributed by atoms with Crippen molar-refractivity contribution in [2.75, 3.05) is 6.61 Å². The van der Waals surface area contributed by atoms with E-state index in [9.17, 15) is 5.11 Å². The molecule has 2 aromatic rings. The first-order chi connectivity index (χ1) is 10.7. The van der Waals surface area contributed by atoms with E-state index in [-0.39, 0.29) is 12.6 Å². The fourth-order valence-corrected chi connectivity index (χ4v) is 3.26. The molecule has 0 amide bonds. The van der Waals surface area contributed by atoms with Gasteiger partial charge in [-0.25, -0.2) is 0 Å². The number of nitrogens with zero attached hydrogens (tertiary/aromatic N) is 3. The molecular weight excluding hydrogens is 302 g/mol. The van der Waals surface area contributed by atoms with E-state index in [2.05, 4.69) is 22.0 Å². The molecule has 1 aliphatic heterocycles. The lowest BCUT2D eigenvalue weighted by Gasteiger charge is -2.38. The standard InChI is InChI=1S/C16H20ClN3O2/c1-11-5-4-6-12(10-21)20(11)9-15-18-19-16(22-15)13-7-2-3-8-14(13)17/h2-3,7-8,11-12,21H,4-6,9-10H2,1H3. The van der Waals surface area contributed by atoms with Crippen LogP contribution in [0.3, 0.4) is 0 Å². The van der Waals surface area contributed by atoms with Crippen molar-refractivity contribution in [3.8, 4) is 11.5 Å². The summed E-state index contributed by atoms with van der Waals surface area (Å²) in [6, 6.07) is 7.99. The van der Waals surface area contributed by atoms with Gasteiger partial charge in [-0.2, -0.15) is 0 Å². The number of aliphatic hydroxyl groups excluding tert-OH is 1. The van der Waals surface area contributed by atoms with Crippen molar-refractivity contribution in [2.24, 2.45) is 0 Å². The smallest absolute Gasteiger partial charge is 0.249 e. The molecule has 6 heteroatoms. The van der Waals surface area contributed by atoms with E-state index >= 15 is 0 Å². The molecule has 118 valence electrons. The quantitative estimate of drug-likeness (QED) is 0.937. The zero-order valence-electron chi connectivity index (χ0n) is 12.6. The highest BCUT2D eigenvalue weighted by Crippen LogP contribution is 2.28. The highest BCUT2D eigenvalue weighted by Gasteiger charge is 2.28. The van der Waals surface area contributed by atoms with E-state index in [0.29, 0.717) is 29.4 Å². The van der Waals surface area contributed by atoms with Crippen molar-refractivity contribution in [3.05, 3.63) is 35.2 Å². The molecule has 1 aromatic carbocycles. The number of aliphatic hydroxyl groups is 1. The molecule has 1 N–H and O–H groups in total. The van der Waals surface area contributed by atoms with Gasteiger partial charge in [-0.1, -0.05) is 30.2 Å². The number of hydrogen-bond acceptors (Lipinski definition) is 5. The van der Waals surface area contributed by atoms with E-state index in [0.717, 1.165) is 24.8 Å². The van der Waals surface area contributed by atoms with Crippen LogP contribution in [-0.4, -0.2) is 38.9 Å².